The Morgan fingerprint density at radius 2 is 1.85 bits per heavy atom. The van der Waals surface area contributed by atoms with Crippen molar-refractivity contribution in [3.63, 3.8) is 0 Å². The number of carbonyl (C=O) groups excluding carboxylic acids is 2. The van der Waals surface area contributed by atoms with Crippen molar-refractivity contribution >= 4 is 34.4 Å². The Labute approximate surface area is 237 Å². The fraction of sp³-hybridized carbons (Fsp3) is 0.367. The van der Waals surface area contributed by atoms with Gasteiger partial charge in [-0.05, 0) is 62.8 Å². The maximum atomic E-state index is 13.5. The molecule has 1 amide bonds. The number of hydrogen-bond donors (Lipinski definition) is 1. The molecule has 0 spiro atoms. The van der Waals surface area contributed by atoms with Crippen LogP contribution >= 0.6 is 11.6 Å². The molecule has 9 nitrogen and oxygen atoms in total. The Balaban J connectivity index is 1.29. The van der Waals surface area contributed by atoms with E-state index in [1.54, 1.807) is 42.5 Å². The fourth-order valence-electron chi connectivity index (χ4n) is 5.24. The molecule has 5 rings (SSSR count). The standard InChI is InChI=1S/C30H32ClN5O4/c1-3-40-27(37)11-19-7-9-24(10-8-19)35-30(38)26-14-23(31)12-22-17-34-36(28(22)26)18-20-15-32-29(33-16-20)21-5-4-6-25(13-21)39-2/h4-6,12-17,19,24H,3,7-11,18H2,1-2H3,(H,35,38). The number of hydrogen-bond acceptors (Lipinski definition) is 7. The van der Waals surface area contributed by atoms with Crippen LogP contribution < -0.4 is 10.1 Å². The normalized spacial score (nSPS) is 17.0. The molecule has 0 atom stereocenters. The molecule has 2 aromatic heterocycles. The van der Waals surface area contributed by atoms with Gasteiger partial charge in [0.25, 0.3) is 5.91 Å². The number of methoxy groups -OCH3 is 1. The van der Waals surface area contributed by atoms with Crippen molar-refractivity contribution in [2.75, 3.05) is 13.7 Å². The Morgan fingerprint density at radius 3 is 2.58 bits per heavy atom. The molecule has 1 saturated carbocycles. The van der Waals surface area contributed by atoms with Gasteiger partial charge < -0.3 is 14.8 Å². The lowest BCUT2D eigenvalue weighted by atomic mass is 9.84. The first kappa shape index (κ1) is 27.6. The average molecular weight is 562 g/mol. The SMILES string of the molecule is CCOC(=O)CC1CCC(NC(=O)c2cc(Cl)cc3cnn(Cc4cnc(-c5cccc(OC)c5)nc4)c23)CC1. The summed E-state index contributed by atoms with van der Waals surface area (Å²) in [6, 6.07) is 11.1. The van der Waals surface area contributed by atoms with Crippen LogP contribution in [-0.4, -0.2) is 51.4 Å². The zero-order chi connectivity index (χ0) is 28.1. The van der Waals surface area contributed by atoms with Gasteiger partial charge in [-0.3, -0.25) is 14.3 Å². The Morgan fingerprint density at radius 1 is 1.07 bits per heavy atom. The van der Waals surface area contributed by atoms with Gasteiger partial charge in [-0.25, -0.2) is 9.97 Å². The van der Waals surface area contributed by atoms with E-state index in [0.717, 1.165) is 47.9 Å². The number of ether oxygens (including phenoxy) is 2. The van der Waals surface area contributed by atoms with E-state index in [1.807, 2.05) is 31.2 Å². The van der Waals surface area contributed by atoms with Crippen LogP contribution in [0.3, 0.4) is 0 Å². The molecule has 10 heteroatoms. The summed E-state index contributed by atoms with van der Waals surface area (Å²) in [5.41, 5.74) is 2.88. The Bertz CT molecular complexity index is 1500. The molecule has 1 N–H and O–H groups in total. The number of nitrogens with zero attached hydrogens (tertiary/aromatic N) is 4. The molecular formula is C30H32ClN5O4. The Hall–Kier alpha value is -3.98. The van der Waals surface area contributed by atoms with E-state index < -0.39 is 0 Å². The topological polar surface area (TPSA) is 108 Å². The van der Waals surface area contributed by atoms with Crippen molar-refractivity contribution in [1.82, 2.24) is 25.1 Å². The summed E-state index contributed by atoms with van der Waals surface area (Å²) in [5.74, 6) is 1.29. The lowest BCUT2D eigenvalue weighted by molar-refractivity contribution is -0.144. The van der Waals surface area contributed by atoms with Crippen LogP contribution in [0.1, 0.15) is 54.9 Å². The Kier molecular flexibility index (Phi) is 8.60. The highest BCUT2D eigenvalue weighted by atomic mass is 35.5. The third kappa shape index (κ3) is 6.42. The van der Waals surface area contributed by atoms with Gasteiger partial charge in [0.2, 0.25) is 0 Å². The number of benzene rings is 2. The summed E-state index contributed by atoms with van der Waals surface area (Å²) in [6.07, 6.45) is 9.05. The molecule has 1 aliphatic rings. The van der Waals surface area contributed by atoms with Gasteiger partial charge in [-0.15, -0.1) is 0 Å². The van der Waals surface area contributed by atoms with Gasteiger partial charge in [0.05, 0.1) is 37.5 Å². The van der Waals surface area contributed by atoms with Crippen LogP contribution in [0.15, 0.2) is 55.0 Å². The van der Waals surface area contributed by atoms with Crippen molar-refractivity contribution in [3.8, 4) is 17.1 Å². The zero-order valence-corrected chi connectivity index (χ0v) is 23.4. The number of halogens is 1. The van der Waals surface area contributed by atoms with Crippen LogP contribution in [0, 0.1) is 5.92 Å². The first-order valence-corrected chi connectivity index (χ1v) is 13.9. The van der Waals surface area contributed by atoms with Gasteiger partial charge in [0.1, 0.15) is 5.75 Å². The molecular weight excluding hydrogens is 530 g/mol. The molecule has 1 fully saturated rings. The van der Waals surface area contributed by atoms with Gasteiger partial charge in [-0.1, -0.05) is 23.7 Å². The van der Waals surface area contributed by atoms with Crippen molar-refractivity contribution in [2.45, 2.75) is 51.6 Å². The summed E-state index contributed by atoms with van der Waals surface area (Å²) >= 11 is 6.38. The number of carbonyl (C=O) groups is 2. The van der Waals surface area contributed by atoms with Crippen LogP contribution in [0.4, 0.5) is 0 Å². The first-order chi connectivity index (χ1) is 19.4. The van der Waals surface area contributed by atoms with E-state index in [4.69, 9.17) is 21.1 Å². The number of amides is 1. The number of rotatable bonds is 9. The average Bonchev–Trinajstić information content (AvgIpc) is 3.36. The summed E-state index contributed by atoms with van der Waals surface area (Å²) in [7, 11) is 1.62. The minimum absolute atomic E-state index is 0.0360. The van der Waals surface area contributed by atoms with Gasteiger partial charge in [0.15, 0.2) is 5.82 Å². The molecule has 4 aromatic rings. The predicted molar refractivity (Wildman–Crippen MR) is 152 cm³/mol. The maximum absolute atomic E-state index is 13.5. The molecule has 0 bridgehead atoms. The third-order valence-electron chi connectivity index (χ3n) is 7.25. The molecule has 2 heterocycles. The molecule has 0 aliphatic heterocycles. The van der Waals surface area contributed by atoms with Crippen molar-refractivity contribution in [2.24, 2.45) is 5.92 Å². The van der Waals surface area contributed by atoms with Gasteiger partial charge in [-0.2, -0.15) is 5.10 Å². The number of fused-ring (bicyclic) bond motifs is 1. The smallest absolute Gasteiger partial charge is 0.306 e. The van der Waals surface area contributed by atoms with Crippen LogP contribution in [0.5, 0.6) is 5.75 Å². The second kappa shape index (κ2) is 12.5. The predicted octanol–water partition coefficient (Wildman–Crippen LogP) is 5.45. The largest absolute Gasteiger partial charge is 0.497 e. The molecule has 2 aromatic carbocycles. The highest BCUT2D eigenvalue weighted by molar-refractivity contribution is 6.32. The number of nitrogens with one attached hydrogen (secondary N) is 1. The van der Waals surface area contributed by atoms with Crippen molar-refractivity contribution in [3.05, 3.63) is 71.1 Å². The summed E-state index contributed by atoms with van der Waals surface area (Å²) in [4.78, 5) is 34.4. The second-order valence-corrected chi connectivity index (χ2v) is 10.5. The summed E-state index contributed by atoms with van der Waals surface area (Å²) < 4.78 is 12.2. The second-order valence-electron chi connectivity index (χ2n) is 10.0. The summed E-state index contributed by atoms with van der Waals surface area (Å²) in [5, 5.41) is 8.97. The van der Waals surface area contributed by atoms with E-state index in [0.29, 0.717) is 47.4 Å². The fourth-order valence-corrected chi connectivity index (χ4v) is 5.47. The first-order valence-electron chi connectivity index (χ1n) is 13.5. The lowest BCUT2D eigenvalue weighted by Gasteiger charge is -2.28. The van der Waals surface area contributed by atoms with E-state index >= 15 is 0 Å². The van der Waals surface area contributed by atoms with Crippen LogP contribution in [0.25, 0.3) is 22.3 Å². The molecule has 0 unspecified atom stereocenters. The van der Waals surface area contributed by atoms with Crippen molar-refractivity contribution in [1.29, 1.82) is 0 Å². The molecule has 40 heavy (non-hydrogen) atoms. The van der Waals surface area contributed by atoms with E-state index in [9.17, 15) is 9.59 Å². The van der Waals surface area contributed by atoms with Crippen LogP contribution in [-0.2, 0) is 16.1 Å². The van der Waals surface area contributed by atoms with E-state index in [2.05, 4.69) is 20.4 Å². The maximum Gasteiger partial charge on any atom is 0.306 e. The van der Waals surface area contributed by atoms with E-state index in [-0.39, 0.29) is 17.9 Å². The number of aromatic nitrogens is 4. The molecule has 0 radical (unpaired) electrons. The minimum atomic E-state index is -0.187. The molecule has 1 aliphatic carbocycles. The monoisotopic (exact) mass is 561 g/mol. The quantitative estimate of drug-likeness (QED) is 0.271. The van der Waals surface area contributed by atoms with Gasteiger partial charge in [0, 0.05) is 46.4 Å². The minimum Gasteiger partial charge on any atom is -0.497 e. The van der Waals surface area contributed by atoms with Crippen LogP contribution in [0.2, 0.25) is 5.02 Å². The zero-order valence-electron chi connectivity index (χ0n) is 22.6. The third-order valence-corrected chi connectivity index (χ3v) is 7.47. The highest BCUT2D eigenvalue weighted by Gasteiger charge is 2.26. The van der Waals surface area contributed by atoms with Gasteiger partial charge >= 0.3 is 5.97 Å². The molecule has 0 saturated heterocycles. The summed E-state index contributed by atoms with van der Waals surface area (Å²) in [6.45, 7) is 2.61. The number of esters is 1. The lowest BCUT2D eigenvalue weighted by Crippen LogP contribution is -2.38. The van der Waals surface area contributed by atoms with E-state index in [1.165, 1.54) is 0 Å². The highest BCUT2D eigenvalue weighted by Crippen LogP contribution is 2.29. The molecule has 208 valence electrons. The van der Waals surface area contributed by atoms with Crippen molar-refractivity contribution < 1.29 is 19.1 Å².